The largest absolute Gasteiger partial charge is 0.313 e. The number of hydrogen-bond acceptors (Lipinski definition) is 1. The summed E-state index contributed by atoms with van der Waals surface area (Å²) in [5.41, 5.74) is 1.98. The Morgan fingerprint density at radius 2 is 2.00 bits per heavy atom. The molecule has 0 saturated heterocycles. The van der Waals surface area contributed by atoms with E-state index >= 15 is 0 Å². The molecule has 1 aromatic rings. The summed E-state index contributed by atoms with van der Waals surface area (Å²) < 4.78 is 0. The van der Waals surface area contributed by atoms with Gasteiger partial charge in [-0.2, -0.15) is 0 Å². The predicted octanol–water partition coefficient (Wildman–Crippen LogP) is 4.35. The van der Waals surface area contributed by atoms with Gasteiger partial charge in [0, 0.05) is 12.6 Å². The molecule has 100 valence electrons. The van der Waals surface area contributed by atoms with Crippen molar-refractivity contribution in [3.8, 4) is 0 Å². The SMILES string of the molecule is CC(CNC1CCCC(C)(C)C1)c1ccccc1. The smallest absolute Gasteiger partial charge is 0.00723 e. The van der Waals surface area contributed by atoms with Crippen molar-refractivity contribution in [2.75, 3.05) is 6.54 Å². The average Bonchev–Trinajstić information content (AvgIpc) is 2.36. The Kier molecular flexibility index (Phi) is 4.45. The molecule has 1 N–H and O–H groups in total. The molecule has 18 heavy (non-hydrogen) atoms. The Morgan fingerprint density at radius 1 is 1.28 bits per heavy atom. The first-order valence-electron chi connectivity index (χ1n) is 7.35. The minimum atomic E-state index is 0.534. The first kappa shape index (κ1) is 13.6. The van der Waals surface area contributed by atoms with Crippen molar-refractivity contribution in [2.45, 2.75) is 58.4 Å². The molecule has 0 aliphatic heterocycles. The molecule has 1 aliphatic rings. The van der Waals surface area contributed by atoms with Gasteiger partial charge < -0.3 is 5.32 Å². The first-order valence-corrected chi connectivity index (χ1v) is 7.35. The molecular weight excluding hydrogens is 218 g/mol. The zero-order valence-corrected chi connectivity index (χ0v) is 12.1. The highest BCUT2D eigenvalue weighted by Crippen LogP contribution is 2.35. The quantitative estimate of drug-likeness (QED) is 0.831. The molecule has 0 spiro atoms. The zero-order valence-electron chi connectivity index (χ0n) is 12.1. The van der Waals surface area contributed by atoms with Crippen LogP contribution in [-0.2, 0) is 0 Å². The van der Waals surface area contributed by atoms with Crippen LogP contribution >= 0.6 is 0 Å². The third-order valence-electron chi connectivity index (χ3n) is 4.29. The van der Waals surface area contributed by atoms with Gasteiger partial charge in [-0.05, 0) is 36.2 Å². The molecule has 0 bridgehead atoms. The second kappa shape index (κ2) is 5.88. The van der Waals surface area contributed by atoms with Gasteiger partial charge in [0.05, 0.1) is 0 Å². The Morgan fingerprint density at radius 3 is 2.67 bits per heavy atom. The minimum absolute atomic E-state index is 0.534. The maximum absolute atomic E-state index is 3.78. The van der Waals surface area contributed by atoms with Gasteiger partial charge in [0.25, 0.3) is 0 Å². The molecule has 0 aromatic heterocycles. The van der Waals surface area contributed by atoms with Gasteiger partial charge in [-0.25, -0.2) is 0 Å². The summed E-state index contributed by atoms with van der Waals surface area (Å²) >= 11 is 0. The van der Waals surface area contributed by atoms with E-state index in [0.29, 0.717) is 11.3 Å². The van der Waals surface area contributed by atoms with E-state index in [4.69, 9.17) is 0 Å². The molecule has 1 nitrogen and oxygen atoms in total. The lowest BCUT2D eigenvalue weighted by Gasteiger charge is -2.36. The molecule has 0 amide bonds. The lowest BCUT2D eigenvalue weighted by Crippen LogP contribution is -2.38. The van der Waals surface area contributed by atoms with Crippen molar-refractivity contribution in [1.82, 2.24) is 5.32 Å². The number of nitrogens with one attached hydrogen (secondary N) is 1. The van der Waals surface area contributed by atoms with Crippen LogP contribution in [0.3, 0.4) is 0 Å². The van der Waals surface area contributed by atoms with Crippen LogP contribution < -0.4 is 5.32 Å². The molecule has 1 aliphatic carbocycles. The maximum atomic E-state index is 3.78. The molecule has 2 rings (SSSR count). The second-order valence-corrected chi connectivity index (χ2v) is 6.68. The van der Waals surface area contributed by atoms with Gasteiger partial charge in [0.2, 0.25) is 0 Å². The van der Waals surface area contributed by atoms with Crippen LogP contribution in [0.25, 0.3) is 0 Å². The van der Waals surface area contributed by atoms with Crippen LogP contribution in [0, 0.1) is 5.41 Å². The van der Waals surface area contributed by atoms with E-state index < -0.39 is 0 Å². The monoisotopic (exact) mass is 245 g/mol. The molecule has 1 saturated carbocycles. The average molecular weight is 245 g/mol. The molecule has 2 atom stereocenters. The fourth-order valence-electron chi connectivity index (χ4n) is 3.12. The summed E-state index contributed by atoms with van der Waals surface area (Å²) in [6, 6.07) is 11.5. The van der Waals surface area contributed by atoms with Crippen molar-refractivity contribution in [1.29, 1.82) is 0 Å². The van der Waals surface area contributed by atoms with Gasteiger partial charge in [-0.1, -0.05) is 57.5 Å². The maximum Gasteiger partial charge on any atom is 0.00723 e. The third kappa shape index (κ3) is 3.84. The van der Waals surface area contributed by atoms with Gasteiger partial charge in [-0.3, -0.25) is 0 Å². The lowest BCUT2D eigenvalue weighted by molar-refractivity contribution is 0.197. The van der Waals surface area contributed by atoms with Crippen LogP contribution in [0.2, 0.25) is 0 Å². The van der Waals surface area contributed by atoms with Gasteiger partial charge in [0.1, 0.15) is 0 Å². The molecule has 2 unspecified atom stereocenters. The van der Waals surface area contributed by atoms with Gasteiger partial charge >= 0.3 is 0 Å². The van der Waals surface area contributed by atoms with E-state index in [9.17, 15) is 0 Å². The van der Waals surface area contributed by atoms with Crippen LogP contribution in [0.4, 0.5) is 0 Å². The summed E-state index contributed by atoms with van der Waals surface area (Å²) in [7, 11) is 0. The Hall–Kier alpha value is -0.820. The highest BCUT2D eigenvalue weighted by atomic mass is 14.9. The van der Waals surface area contributed by atoms with Crippen molar-refractivity contribution in [3.05, 3.63) is 35.9 Å². The first-order chi connectivity index (χ1) is 8.57. The van der Waals surface area contributed by atoms with Crippen LogP contribution in [0.1, 0.15) is 57.9 Å². The van der Waals surface area contributed by atoms with E-state index in [0.717, 1.165) is 12.6 Å². The third-order valence-corrected chi connectivity index (χ3v) is 4.29. The Labute approximate surface area is 112 Å². The number of benzene rings is 1. The topological polar surface area (TPSA) is 12.0 Å². The van der Waals surface area contributed by atoms with Crippen LogP contribution in [-0.4, -0.2) is 12.6 Å². The minimum Gasteiger partial charge on any atom is -0.313 e. The van der Waals surface area contributed by atoms with E-state index in [-0.39, 0.29) is 0 Å². The van der Waals surface area contributed by atoms with Crippen molar-refractivity contribution >= 4 is 0 Å². The molecule has 1 aromatic carbocycles. The second-order valence-electron chi connectivity index (χ2n) is 6.68. The zero-order chi connectivity index (χ0) is 13.0. The fourth-order valence-corrected chi connectivity index (χ4v) is 3.12. The van der Waals surface area contributed by atoms with Gasteiger partial charge in [-0.15, -0.1) is 0 Å². The highest BCUT2D eigenvalue weighted by Gasteiger charge is 2.27. The van der Waals surface area contributed by atoms with E-state index in [1.54, 1.807) is 0 Å². The lowest BCUT2D eigenvalue weighted by atomic mass is 9.75. The van der Waals surface area contributed by atoms with E-state index in [1.807, 2.05) is 0 Å². The van der Waals surface area contributed by atoms with E-state index in [2.05, 4.69) is 56.4 Å². The number of hydrogen-bond donors (Lipinski definition) is 1. The predicted molar refractivity (Wildman–Crippen MR) is 78.9 cm³/mol. The van der Waals surface area contributed by atoms with Crippen molar-refractivity contribution in [2.24, 2.45) is 5.41 Å². The molecule has 0 heterocycles. The fraction of sp³-hybridized carbons (Fsp3) is 0.647. The molecule has 1 fully saturated rings. The summed E-state index contributed by atoms with van der Waals surface area (Å²) in [4.78, 5) is 0. The Balaban J connectivity index is 1.81. The van der Waals surface area contributed by atoms with Crippen LogP contribution in [0.5, 0.6) is 0 Å². The molecular formula is C17H27N. The summed E-state index contributed by atoms with van der Waals surface area (Å²) in [5.74, 6) is 0.608. The van der Waals surface area contributed by atoms with E-state index in [1.165, 1.54) is 31.2 Å². The highest BCUT2D eigenvalue weighted by molar-refractivity contribution is 5.19. The molecule has 0 radical (unpaired) electrons. The normalized spacial score (nSPS) is 24.7. The van der Waals surface area contributed by atoms with Gasteiger partial charge in [0.15, 0.2) is 0 Å². The summed E-state index contributed by atoms with van der Waals surface area (Å²) in [6.45, 7) is 8.23. The summed E-state index contributed by atoms with van der Waals surface area (Å²) in [5, 5.41) is 3.78. The van der Waals surface area contributed by atoms with Crippen molar-refractivity contribution < 1.29 is 0 Å². The number of rotatable bonds is 4. The van der Waals surface area contributed by atoms with Crippen LogP contribution in [0.15, 0.2) is 30.3 Å². The molecule has 1 heteroatoms. The summed E-state index contributed by atoms with van der Waals surface area (Å²) in [6.07, 6.45) is 5.45. The Bertz CT molecular complexity index is 355. The standard InChI is InChI=1S/C17H27N/c1-14(15-8-5-4-6-9-15)13-18-16-10-7-11-17(2,3)12-16/h4-6,8-9,14,16,18H,7,10-13H2,1-3H3. The van der Waals surface area contributed by atoms with Crippen molar-refractivity contribution in [3.63, 3.8) is 0 Å².